The molecule has 0 saturated carbocycles. The fraction of sp³-hybridized carbons (Fsp3) is 0.556. The molecule has 0 bridgehead atoms. The van der Waals surface area contributed by atoms with E-state index in [2.05, 4.69) is 17.5 Å². The second kappa shape index (κ2) is 11.9. The van der Waals surface area contributed by atoms with Gasteiger partial charge in [0.25, 0.3) is 0 Å². The van der Waals surface area contributed by atoms with Crippen molar-refractivity contribution in [3.8, 4) is 0 Å². The molecule has 0 spiro atoms. The minimum Gasteiger partial charge on any atom is -0.273 e. The maximum Gasteiger partial charge on any atom is 0.240 e. The minimum absolute atomic E-state index is 0.0846. The Morgan fingerprint density at radius 2 is 1.82 bits per heavy atom. The fourth-order valence-corrected chi connectivity index (χ4v) is 2.24. The predicted octanol–water partition coefficient (Wildman–Crippen LogP) is 4.81. The second-order valence-electron chi connectivity index (χ2n) is 5.57. The first kappa shape index (κ1) is 18.3. The van der Waals surface area contributed by atoms with Crippen LogP contribution in [0, 0.1) is 5.82 Å². The van der Waals surface area contributed by atoms with Crippen LogP contribution in [0.15, 0.2) is 29.4 Å². The molecule has 0 saturated heterocycles. The Morgan fingerprint density at radius 1 is 1.14 bits per heavy atom. The highest BCUT2D eigenvalue weighted by Gasteiger charge is 1.99. The highest BCUT2D eigenvalue weighted by atomic mass is 19.1. The Bertz CT molecular complexity index is 460. The third-order valence-corrected chi connectivity index (χ3v) is 3.51. The van der Waals surface area contributed by atoms with Crippen LogP contribution in [0.5, 0.6) is 0 Å². The molecule has 0 heterocycles. The van der Waals surface area contributed by atoms with Gasteiger partial charge in [0.1, 0.15) is 5.82 Å². The first-order chi connectivity index (χ1) is 10.7. The van der Waals surface area contributed by atoms with Crippen LogP contribution in [0.2, 0.25) is 0 Å². The molecule has 122 valence electrons. The molecule has 1 rings (SSSR count). The third kappa shape index (κ3) is 9.27. The number of unbranched alkanes of at least 4 members (excludes halogenated alkanes) is 7. The predicted molar refractivity (Wildman–Crippen MR) is 89.4 cm³/mol. The summed E-state index contributed by atoms with van der Waals surface area (Å²) < 4.78 is 12.9. The number of nitrogens with zero attached hydrogens (tertiary/aromatic N) is 1. The maximum absolute atomic E-state index is 12.9. The Morgan fingerprint density at radius 3 is 2.50 bits per heavy atom. The normalized spacial score (nSPS) is 11.0. The molecule has 0 aromatic heterocycles. The second-order valence-corrected chi connectivity index (χ2v) is 5.57. The number of hydrogen-bond acceptors (Lipinski definition) is 2. The van der Waals surface area contributed by atoms with Gasteiger partial charge in [-0.25, -0.2) is 9.82 Å². The van der Waals surface area contributed by atoms with E-state index in [1.807, 2.05) is 0 Å². The SMILES string of the molecule is CCCCCCCCCCC(=O)N/N=C/c1cccc(F)c1. The van der Waals surface area contributed by atoms with Crippen LogP contribution in [0.1, 0.15) is 70.3 Å². The molecule has 0 unspecified atom stereocenters. The summed E-state index contributed by atoms with van der Waals surface area (Å²) in [5, 5.41) is 3.84. The Labute approximate surface area is 133 Å². The first-order valence-corrected chi connectivity index (χ1v) is 8.30. The molecule has 0 aliphatic carbocycles. The van der Waals surface area contributed by atoms with Crippen molar-refractivity contribution in [1.82, 2.24) is 5.43 Å². The van der Waals surface area contributed by atoms with Crippen LogP contribution in [-0.2, 0) is 4.79 Å². The molecule has 0 fully saturated rings. The van der Waals surface area contributed by atoms with E-state index in [1.54, 1.807) is 12.1 Å². The van der Waals surface area contributed by atoms with E-state index >= 15 is 0 Å². The summed E-state index contributed by atoms with van der Waals surface area (Å²) >= 11 is 0. The highest BCUT2D eigenvalue weighted by molar-refractivity contribution is 5.82. The molecule has 0 aliphatic heterocycles. The van der Waals surface area contributed by atoms with Crippen LogP contribution >= 0.6 is 0 Å². The third-order valence-electron chi connectivity index (χ3n) is 3.51. The van der Waals surface area contributed by atoms with Crippen molar-refractivity contribution in [2.24, 2.45) is 5.10 Å². The summed E-state index contributed by atoms with van der Waals surface area (Å²) in [5.74, 6) is -0.396. The monoisotopic (exact) mass is 306 g/mol. The fourth-order valence-electron chi connectivity index (χ4n) is 2.24. The van der Waals surface area contributed by atoms with Crippen LogP contribution < -0.4 is 5.43 Å². The number of hydrazone groups is 1. The lowest BCUT2D eigenvalue weighted by atomic mass is 10.1. The van der Waals surface area contributed by atoms with Gasteiger partial charge in [-0.1, -0.05) is 64.0 Å². The van der Waals surface area contributed by atoms with Crippen molar-refractivity contribution < 1.29 is 9.18 Å². The van der Waals surface area contributed by atoms with E-state index in [4.69, 9.17) is 0 Å². The molecule has 4 heteroatoms. The molecule has 1 amide bonds. The summed E-state index contributed by atoms with van der Waals surface area (Å²) in [5.41, 5.74) is 3.11. The number of carbonyl (C=O) groups excluding carboxylic acids is 1. The number of benzene rings is 1. The standard InChI is InChI=1S/C18H27FN2O/c1-2-3-4-5-6-7-8-9-13-18(22)21-20-15-16-11-10-12-17(19)14-16/h10-12,14-15H,2-9,13H2,1H3,(H,21,22)/b20-15+. The van der Waals surface area contributed by atoms with Crippen molar-refractivity contribution >= 4 is 12.1 Å². The Balaban J connectivity index is 2.04. The molecule has 3 nitrogen and oxygen atoms in total. The molecule has 1 aromatic rings. The van der Waals surface area contributed by atoms with Crippen LogP contribution in [0.3, 0.4) is 0 Å². The van der Waals surface area contributed by atoms with Crippen LogP contribution in [-0.4, -0.2) is 12.1 Å². The molecule has 0 atom stereocenters. The van der Waals surface area contributed by atoms with Gasteiger partial charge in [-0.05, 0) is 24.1 Å². The summed E-state index contributed by atoms with van der Waals surface area (Å²) in [7, 11) is 0. The maximum atomic E-state index is 12.9. The van der Waals surface area contributed by atoms with E-state index in [1.165, 1.54) is 56.9 Å². The number of carbonyl (C=O) groups is 1. The number of amides is 1. The summed E-state index contributed by atoms with van der Waals surface area (Å²) in [4.78, 5) is 11.6. The molecule has 22 heavy (non-hydrogen) atoms. The highest BCUT2D eigenvalue weighted by Crippen LogP contribution is 2.09. The van der Waals surface area contributed by atoms with Gasteiger partial charge < -0.3 is 0 Å². The molecule has 0 aliphatic rings. The summed E-state index contributed by atoms with van der Waals surface area (Å²) in [6, 6.07) is 6.09. The first-order valence-electron chi connectivity index (χ1n) is 8.30. The van der Waals surface area contributed by atoms with Crippen LogP contribution in [0.25, 0.3) is 0 Å². The quantitative estimate of drug-likeness (QED) is 0.356. The molecular formula is C18H27FN2O. The Kier molecular flexibility index (Phi) is 9.92. The van der Waals surface area contributed by atoms with Gasteiger partial charge >= 0.3 is 0 Å². The zero-order chi connectivity index (χ0) is 16.0. The van der Waals surface area contributed by atoms with E-state index < -0.39 is 0 Å². The lowest BCUT2D eigenvalue weighted by molar-refractivity contribution is -0.121. The number of hydrogen-bond donors (Lipinski definition) is 1. The number of halogens is 1. The average Bonchev–Trinajstić information content (AvgIpc) is 2.50. The van der Waals surface area contributed by atoms with Gasteiger partial charge in [0.15, 0.2) is 0 Å². The average molecular weight is 306 g/mol. The molecule has 1 N–H and O–H groups in total. The molecule has 0 radical (unpaired) electrons. The van der Waals surface area contributed by atoms with E-state index in [9.17, 15) is 9.18 Å². The Hall–Kier alpha value is -1.71. The van der Waals surface area contributed by atoms with Crippen molar-refractivity contribution in [2.45, 2.75) is 64.7 Å². The lowest BCUT2D eigenvalue weighted by Gasteiger charge is -2.01. The van der Waals surface area contributed by atoms with Crippen molar-refractivity contribution in [3.63, 3.8) is 0 Å². The minimum atomic E-state index is -0.311. The van der Waals surface area contributed by atoms with Gasteiger partial charge in [0, 0.05) is 6.42 Å². The number of nitrogens with one attached hydrogen (secondary N) is 1. The van der Waals surface area contributed by atoms with Crippen LogP contribution in [0.4, 0.5) is 4.39 Å². The van der Waals surface area contributed by atoms with E-state index in [-0.39, 0.29) is 11.7 Å². The van der Waals surface area contributed by atoms with Crippen molar-refractivity contribution in [1.29, 1.82) is 0 Å². The van der Waals surface area contributed by atoms with Gasteiger partial charge in [-0.2, -0.15) is 5.10 Å². The summed E-state index contributed by atoms with van der Waals surface area (Å²) in [6.07, 6.45) is 11.6. The lowest BCUT2D eigenvalue weighted by Crippen LogP contribution is -2.16. The largest absolute Gasteiger partial charge is 0.273 e. The van der Waals surface area contributed by atoms with Gasteiger partial charge in [0.2, 0.25) is 5.91 Å². The van der Waals surface area contributed by atoms with Gasteiger partial charge in [-0.15, -0.1) is 0 Å². The zero-order valence-electron chi connectivity index (χ0n) is 13.5. The van der Waals surface area contributed by atoms with Crippen molar-refractivity contribution in [2.75, 3.05) is 0 Å². The molecular weight excluding hydrogens is 279 g/mol. The molecule has 1 aromatic carbocycles. The van der Waals surface area contributed by atoms with E-state index in [0.717, 1.165) is 12.8 Å². The van der Waals surface area contributed by atoms with Crippen molar-refractivity contribution in [3.05, 3.63) is 35.6 Å². The van der Waals surface area contributed by atoms with Gasteiger partial charge in [-0.3, -0.25) is 4.79 Å². The smallest absolute Gasteiger partial charge is 0.240 e. The topological polar surface area (TPSA) is 41.5 Å². The summed E-state index contributed by atoms with van der Waals surface area (Å²) in [6.45, 7) is 2.22. The van der Waals surface area contributed by atoms with Gasteiger partial charge in [0.05, 0.1) is 6.21 Å². The van der Waals surface area contributed by atoms with E-state index in [0.29, 0.717) is 12.0 Å². The zero-order valence-corrected chi connectivity index (χ0v) is 13.5. The number of rotatable bonds is 11.